The second kappa shape index (κ2) is 8.10. The minimum atomic E-state index is 0.522. The summed E-state index contributed by atoms with van der Waals surface area (Å²) < 4.78 is 0. The Morgan fingerprint density at radius 1 is 1.13 bits per heavy atom. The number of benzene rings is 1. The Morgan fingerprint density at radius 3 is 2.43 bits per heavy atom. The molecule has 0 N–H and O–H groups in total. The average Bonchev–Trinajstić information content (AvgIpc) is 3.30. The average molecular weight is 307 g/mol. The van der Waals surface area contributed by atoms with Crippen molar-refractivity contribution in [3.63, 3.8) is 0 Å². The molecule has 2 rings (SSSR count). The Bertz CT molecular complexity index is 627. The fraction of sp³-hybridized carbons (Fsp3) is 0.409. The summed E-state index contributed by atoms with van der Waals surface area (Å²) in [5.74, 6) is 0.687. The molecule has 1 aromatic carbocycles. The van der Waals surface area contributed by atoms with E-state index in [4.69, 9.17) is 4.99 Å². The molecular formula is C22H29N. The van der Waals surface area contributed by atoms with E-state index in [2.05, 4.69) is 70.7 Å². The van der Waals surface area contributed by atoms with Gasteiger partial charge >= 0.3 is 0 Å². The van der Waals surface area contributed by atoms with Gasteiger partial charge in [0.15, 0.2) is 0 Å². The number of allylic oxidation sites excluding steroid dienone is 4. The van der Waals surface area contributed by atoms with Gasteiger partial charge in [-0.15, -0.1) is 0 Å². The predicted molar refractivity (Wildman–Crippen MR) is 103 cm³/mol. The van der Waals surface area contributed by atoms with E-state index in [1.807, 2.05) is 6.08 Å². The van der Waals surface area contributed by atoms with E-state index >= 15 is 0 Å². The van der Waals surface area contributed by atoms with Crippen LogP contribution in [0.15, 0.2) is 65.2 Å². The molecule has 1 saturated carbocycles. The van der Waals surface area contributed by atoms with Crippen molar-refractivity contribution < 1.29 is 0 Å². The van der Waals surface area contributed by atoms with Gasteiger partial charge in [0.1, 0.15) is 0 Å². The van der Waals surface area contributed by atoms with Gasteiger partial charge in [0.2, 0.25) is 0 Å². The molecule has 122 valence electrons. The van der Waals surface area contributed by atoms with Crippen LogP contribution in [0.4, 0.5) is 0 Å². The van der Waals surface area contributed by atoms with Gasteiger partial charge in [0.05, 0.1) is 6.04 Å². The van der Waals surface area contributed by atoms with Gasteiger partial charge in [-0.25, -0.2) is 0 Å². The van der Waals surface area contributed by atoms with Crippen LogP contribution in [0.25, 0.3) is 5.57 Å². The molecule has 2 unspecified atom stereocenters. The molecule has 1 heteroatoms. The molecule has 0 radical (unpaired) electrons. The summed E-state index contributed by atoms with van der Waals surface area (Å²) in [7, 11) is 0. The van der Waals surface area contributed by atoms with Crippen molar-refractivity contribution in [2.75, 3.05) is 0 Å². The third kappa shape index (κ3) is 5.06. The molecular weight excluding hydrogens is 278 g/mol. The number of hydrogen-bond donors (Lipinski definition) is 0. The van der Waals surface area contributed by atoms with E-state index in [0.717, 1.165) is 12.8 Å². The lowest BCUT2D eigenvalue weighted by atomic mass is 9.99. The van der Waals surface area contributed by atoms with Gasteiger partial charge in [0, 0.05) is 11.6 Å². The van der Waals surface area contributed by atoms with Crippen LogP contribution in [0.2, 0.25) is 0 Å². The fourth-order valence-corrected chi connectivity index (χ4v) is 2.94. The normalized spacial score (nSPS) is 21.0. The van der Waals surface area contributed by atoms with Crippen molar-refractivity contribution in [1.29, 1.82) is 0 Å². The first-order chi connectivity index (χ1) is 11.0. The molecule has 23 heavy (non-hydrogen) atoms. The van der Waals surface area contributed by atoms with E-state index in [1.54, 1.807) is 0 Å². The van der Waals surface area contributed by atoms with Crippen LogP contribution < -0.4 is 0 Å². The summed E-state index contributed by atoms with van der Waals surface area (Å²) in [6.07, 6.45) is 7.26. The maximum absolute atomic E-state index is 4.93. The number of hydrogen-bond acceptors (Lipinski definition) is 1. The maximum atomic E-state index is 4.93. The van der Waals surface area contributed by atoms with Gasteiger partial charge in [-0.3, -0.25) is 4.99 Å². The van der Waals surface area contributed by atoms with Crippen molar-refractivity contribution >= 4 is 11.3 Å². The molecule has 1 aliphatic rings. The summed E-state index contributed by atoms with van der Waals surface area (Å²) in [6.45, 7) is 12.7. The predicted octanol–water partition coefficient (Wildman–Crippen LogP) is 6.24. The van der Waals surface area contributed by atoms with Gasteiger partial charge in [-0.05, 0) is 58.1 Å². The van der Waals surface area contributed by atoms with Crippen LogP contribution in [0.1, 0.15) is 52.5 Å². The monoisotopic (exact) mass is 307 g/mol. The summed E-state index contributed by atoms with van der Waals surface area (Å²) in [4.78, 5) is 4.93. The number of rotatable bonds is 7. The minimum Gasteiger partial charge on any atom is -0.290 e. The molecule has 0 amide bonds. The smallest absolute Gasteiger partial charge is 0.0571 e. The first kappa shape index (κ1) is 17.5. The van der Waals surface area contributed by atoms with Gasteiger partial charge in [-0.1, -0.05) is 60.2 Å². The molecule has 0 spiro atoms. The van der Waals surface area contributed by atoms with E-state index in [1.165, 1.54) is 34.4 Å². The fourth-order valence-electron chi connectivity index (χ4n) is 2.94. The van der Waals surface area contributed by atoms with Crippen LogP contribution >= 0.6 is 0 Å². The highest BCUT2D eigenvalue weighted by molar-refractivity contribution is 5.84. The van der Waals surface area contributed by atoms with Crippen LogP contribution in [-0.4, -0.2) is 11.8 Å². The van der Waals surface area contributed by atoms with Gasteiger partial charge in [0.25, 0.3) is 0 Å². The van der Waals surface area contributed by atoms with E-state index < -0.39 is 0 Å². The molecule has 0 heterocycles. The Balaban J connectivity index is 1.94. The summed E-state index contributed by atoms with van der Waals surface area (Å²) in [5, 5.41) is 0. The highest BCUT2D eigenvalue weighted by Crippen LogP contribution is 2.41. The van der Waals surface area contributed by atoms with E-state index in [-0.39, 0.29) is 0 Å². The molecule has 2 atom stereocenters. The standard InChI is InChI=1S/C22H29N/c1-6-10-19(20-11-8-7-9-12-20)14-13-17(4)23-22-15-21(22)18(5)16(2)3/h6-12,21-22H,1,13-15H2,2-5H3/b19-10+,23-17?. The van der Waals surface area contributed by atoms with Crippen LogP contribution in [0.5, 0.6) is 0 Å². The first-order valence-corrected chi connectivity index (χ1v) is 8.57. The molecule has 1 aliphatic carbocycles. The Kier molecular flexibility index (Phi) is 6.15. The van der Waals surface area contributed by atoms with Gasteiger partial charge < -0.3 is 0 Å². The first-order valence-electron chi connectivity index (χ1n) is 8.57. The van der Waals surface area contributed by atoms with Crippen LogP contribution in [-0.2, 0) is 0 Å². The minimum absolute atomic E-state index is 0.522. The molecule has 0 bridgehead atoms. The quantitative estimate of drug-likeness (QED) is 0.321. The number of nitrogens with zero attached hydrogens (tertiary/aromatic N) is 1. The van der Waals surface area contributed by atoms with Crippen molar-refractivity contribution in [1.82, 2.24) is 0 Å². The van der Waals surface area contributed by atoms with Crippen molar-refractivity contribution in [2.45, 2.75) is 53.0 Å². The topological polar surface area (TPSA) is 12.4 Å². The lowest BCUT2D eigenvalue weighted by Crippen LogP contribution is -1.98. The summed E-state index contributed by atoms with van der Waals surface area (Å²) >= 11 is 0. The van der Waals surface area contributed by atoms with Crippen molar-refractivity contribution in [3.8, 4) is 0 Å². The third-order valence-electron chi connectivity index (χ3n) is 4.71. The Morgan fingerprint density at radius 2 is 1.83 bits per heavy atom. The second-order valence-corrected chi connectivity index (χ2v) is 6.75. The lowest BCUT2D eigenvalue weighted by Gasteiger charge is -2.08. The summed E-state index contributed by atoms with van der Waals surface area (Å²) in [6, 6.07) is 11.1. The highest BCUT2D eigenvalue weighted by atomic mass is 14.9. The van der Waals surface area contributed by atoms with Crippen molar-refractivity contribution in [3.05, 3.63) is 65.8 Å². The lowest BCUT2D eigenvalue weighted by molar-refractivity contribution is 0.891. The van der Waals surface area contributed by atoms with Gasteiger partial charge in [-0.2, -0.15) is 0 Å². The second-order valence-electron chi connectivity index (χ2n) is 6.75. The van der Waals surface area contributed by atoms with E-state index in [9.17, 15) is 0 Å². The highest BCUT2D eigenvalue weighted by Gasteiger charge is 2.38. The zero-order chi connectivity index (χ0) is 16.8. The largest absolute Gasteiger partial charge is 0.290 e. The van der Waals surface area contributed by atoms with Crippen LogP contribution in [0, 0.1) is 5.92 Å². The Hall–Kier alpha value is -1.89. The molecule has 1 aromatic rings. The molecule has 0 aromatic heterocycles. The third-order valence-corrected chi connectivity index (χ3v) is 4.71. The van der Waals surface area contributed by atoms with Crippen LogP contribution in [0.3, 0.4) is 0 Å². The van der Waals surface area contributed by atoms with E-state index in [0.29, 0.717) is 12.0 Å². The zero-order valence-electron chi connectivity index (χ0n) is 15.0. The summed E-state index contributed by atoms with van der Waals surface area (Å²) in [5.41, 5.74) is 6.87. The molecule has 0 saturated heterocycles. The SMILES string of the molecule is C=C/C=C(\CCC(C)=NC1CC1C(C)=C(C)C)c1ccccc1. The molecule has 1 fully saturated rings. The number of aliphatic imine (C=N–C) groups is 1. The maximum Gasteiger partial charge on any atom is 0.0571 e. The zero-order valence-corrected chi connectivity index (χ0v) is 15.0. The molecule has 1 nitrogen and oxygen atoms in total. The molecule has 0 aliphatic heterocycles. The Labute approximate surface area is 141 Å². The van der Waals surface area contributed by atoms with Crippen molar-refractivity contribution in [2.24, 2.45) is 10.9 Å².